The summed E-state index contributed by atoms with van der Waals surface area (Å²) < 4.78 is 18.2. The van der Waals surface area contributed by atoms with E-state index in [-0.39, 0.29) is 30.5 Å². The molecule has 4 aliphatic rings. The van der Waals surface area contributed by atoms with Crippen molar-refractivity contribution in [3.63, 3.8) is 0 Å². The van der Waals surface area contributed by atoms with Crippen molar-refractivity contribution < 1.29 is 33.7 Å². The van der Waals surface area contributed by atoms with Crippen molar-refractivity contribution in [3.05, 3.63) is 41.3 Å². The first-order chi connectivity index (χ1) is 26.5. The van der Waals surface area contributed by atoms with E-state index in [9.17, 15) is 19.5 Å². The second-order valence-corrected chi connectivity index (χ2v) is 18.5. The van der Waals surface area contributed by atoms with Gasteiger partial charge in [-0.3, -0.25) is 14.9 Å². The first kappa shape index (κ1) is 40.1. The average molecular weight is 809 g/mol. The number of hydrogen-bond acceptors (Lipinski definition) is 11. The molecule has 13 nitrogen and oxygen atoms in total. The number of alkyl carbamates (subject to hydrolysis) is 1. The number of halogens is 1. The van der Waals surface area contributed by atoms with Gasteiger partial charge < -0.3 is 34.9 Å². The van der Waals surface area contributed by atoms with E-state index in [0.717, 1.165) is 18.0 Å². The number of amides is 2. The van der Waals surface area contributed by atoms with Gasteiger partial charge in [-0.1, -0.05) is 38.4 Å². The molecule has 3 aliphatic carbocycles. The maximum absolute atomic E-state index is 14.8. The average Bonchev–Trinajstić information content (AvgIpc) is 3.80. The number of nitrogens with one attached hydrogen (secondary N) is 3. The number of likely N-dealkylation sites (tertiary alicyclic amines) is 1. The number of rotatable bonds is 14. The summed E-state index contributed by atoms with van der Waals surface area (Å²) in [5, 5.41) is 23.5. The number of aromatic nitrogens is 2. The molecule has 7 rings (SSSR count). The molecule has 56 heavy (non-hydrogen) atoms. The molecule has 302 valence electrons. The van der Waals surface area contributed by atoms with Gasteiger partial charge in [0.15, 0.2) is 5.13 Å². The summed E-state index contributed by atoms with van der Waals surface area (Å²) in [7, 11) is 1.54. The van der Waals surface area contributed by atoms with Gasteiger partial charge in [-0.05, 0) is 75.8 Å². The van der Waals surface area contributed by atoms with Crippen LogP contribution in [0.25, 0.3) is 22.3 Å². The van der Waals surface area contributed by atoms with Gasteiger partial charge >= 0.3 is 12.1 Å². The number of fused-ring (bicyclic) bond motifs is 2. The van der Waals surface area contributed by atoms with Crippen LogP contribution in [-0.2, 0) is 14.3 Å². The van der Waals surface area contributed by atoms with Gasteiger partial charge in [0.1, 0.15) is 46.0 Å². The van der Waals surface area contributed by atoms with Crippen molar-refractivity contribution in [2.75, 3.05) is 19.0 Å². The number of aliphatic carboxylic acids is 1. The van der Waals surface area contributed by atoms with Gasteiger partial charge in [0, 0.05) is 41.3 Å². The molecule has 0 spiro atoms. The Balaban J connectivity index is 1.20. The lowest BCUT2D eigenvalue weighted by atomic mass is 9.85. The standard InChI is InChI=1S/C41H53ClN6O7S/c1-9-24-17-41(24,37(50)51)47-21(4)30-15-26(18-48(30)36(49)35(40(5,6)7)46-39(52)55-25-13-22-12-23(22)14-25)54-32-16-28(29-19-56-38(45-29)43-20(2)3)44-34-27(32)10-11-31(53-8)33(34)42/h9-11,16,19-26,30,35,47H,1,12-15,17-18H2,2-8H3,(H,43,45)(H,46,52)(H,50,51)/t21?,22-,23+,24?,25?,26-,30+,35-,41-/m1/s1. The minimum absolute atomic E-state index is 0.143. The van der Waals surface area contributed by atoms with E-state index in [2.05, 4.69) is 22.5 Å². The highest BCUT2D eigenvalue weighted by molar-refractivity contribution is 7.14. The third kappa shape index (κ3) is 8.02. The molecular weight excluding hydrogens is 756 g/mol. The molecule has 4 N–H and O–H groups in total. The Kier molecular flexibility index (Phi) is 11.0. The Morgan fingerprint density at radius 1 is 1.07 bits per heavy atom. The van der Waals surface area contributed by atoms with E-state index in [1.807, 2.05) is 59.1 Å². The van der Waals surface area contributed by atoms with E-state index in [1.165, 1.54) is 17.8 Å². The van der Waals surface area contributed by atoms with E-state index in [0.29, 0.717) is 63.5 Å². The third-order valence-corrected chi connectivity index (χ3v) is 12.9. The molecule has 3 unspecified atom stereocenters. The van der Waals surface area contributed by atoms with Gasteiger partial charge in [-0.2, -0.15) is 0 Å². The molecule has 3 saturated carbocycles. The van der Waals surface area contributed by atoms with Crippen molar-refractivity contribution in [1.29, 1.82) is 0 Å². The van der Waals surface area contributed by atoms with Gasteiger partial charge in [-0.25, -0.2) is 14.8 Å². The quantitative estimate of drug-likeness (QED) is 0.123. The highest BCUT2D eigenvalue weighted by atomic mass is 35.5. The highest BCUT2D eigenvalue weighted by Gasteiger charge is 2.60. The van der Waals surface area contributed by atoms with E-state index >= 15 is 0 Å². The van der Waals surface area contributed by atoms with Gasteiger partial charge in [-0.15, -0.1) is 17.9 Å². The zero-order valence-electron chi connectivity index (χ0n) is 33.1. The number of nitrogens with zero attached hydrogens (tertiary/aromatic N) is 3. The van der Waals surface area contributed by atoms with Crippen LogP contribution in [0, 0.1) is 23.2 Å². The minimum atomic E-state index is -1.18. The maximum Gasteiger partial charge on any atom is 0.408 e. The number of carbonyl (C=O) groups excluding carboxylic acids is 2. The van der Waals surface area contributed by atoms with Gasteiger partial charge in [0.25, 0.3) is 0 Å². The summed E-state index contributed by atoms with van der Waals surface area (Å²) in [5.41, 5.74) is -0.182. The molecule has 15 heteroatoms. The summed E-state index contributed by atoms with van der Waals surface area (Å²) >= 11 is 8.33. The van der Waals surface area contributed by atoms with E-state index in [4.69, 9.17) is 35.8 Å². The number of ether oxygens (including phenoxy) is 3. The van der Waals surface area contributed by atoms with Crippen molar-refractivity contribution in [1.82, 2.24) is 25.5 Å². The molecule has 3 aromatic rings. The monoisotopic (exact) mass is 808 g/mol. The van der Waals surface area contributed by atoms with Crippen LogP contribution in [0.4, 0.5) is 9.93 Å². The minimum Gasteiger partial charge on any atom is -0.495 e. The predicted octanol–water partition coefficient (Wildman–Crippen LogP) is 7.14. The SMILES string of the molecule is C=CC1C[C@]1(NC(C)[C@@H]1C[C@@H](Oc2cc(-c3csc(NC(C)C)n3)nc3c(Cl)c(OC)ccc23)CN1C(=O)[C@@H](NC(=O)OC1C[C@@H]2C[C@@H]2C1)C(C)(C)C)C(=O)O. The first-order valence-corrected chi connectivity index (χ1v) is 20.7. The van der Waals surface area contributed by atoms with Crippen molar-refractivity contribution in [2.24, 2.45) is 23.2 Å². The summed E-state index contributed by atoms with van der Waals surface area (Å²) in [5.74, 6) is 0.730. The molecule has 9 atom stereocenters. The van der Waals surface area contributed by atoms with Crippen LogP contribution in [0.1, 0.15) is 73.6 Å². The second-order valence-electron chi connectivity index (χ2n) is 17.3. The lowest BCUT2D eigenvalue weighted by Gasteiger charge is -2.38. The number of thiazole rings is 1. The van der Waals surface area contributed by atoms with Crippen LogP contribution < -0.4 is 25.4 Å². The number of anilines is 1. The Labute approximate surface area is 336 Å². The fraction of sp³-hybridized carbons (Fsp3) is 0.585. The highest BCUT2D eigenvalue weighted by Crippen LogP contribution is 2.52. The van der Waals surface area contributed by atoms with Crippen LogP contribution in [0.3, 0.4) is 0 Å². The number of carboxylic acid groups (broad SMARTS) is 1. The van der Waals surface area contributed by atoms with Crippen molar-refractivity contribution >= 4 is 56.9 Å². The molecule has 1 saturated heterocycles. The Morgan fingerprint density at radius 2 is 1.80 bits per heavy atom. The molecule has 0 radical (unpaired) electrons. The normalized spacial score (nSPS) is 27.7. The Bertz CT molecular complexity index is 2010. The molecule has 2 amide bonds. The molecule has 3 heterocycles. The number of hydrogen-bond donors (Lipinski definition) is 4. The Hall–Kier alpha value is -4.14. The van der Waals surface area contributed by atoms with Crippen LogP contribution in [-0.4, -0.2) is 93.5 Å². The van der Waals surface area contributed by atoms with Crippen LogP contribution in [0.5, 0.6) is 11.5 Å². The number of methoxy groups -OCH3 is 1. The van der Waals surface area contributed by atoms with Crippen molar-refractivity contribution in [3.8, 4) is 22.9 Å². The van der Waals surface area contributed by atoms with Gasteiger partial charge in [0.2, 0.25) is 5.91 Å². The number of pyridine rings is 1. The first-order valence-electron chi connectivity index (χ1n) is 19.5. The fourth-order valence-corrected chi connectivity index (χ4v) is 9.68. The van der Waals surface area contributed by atoms with Crippen molar-refractivity contribution in [2.45, 2.75) is 116 Å². The molecule has 4 fully saturated rings. The topological polar surface area (TPSA) is 164 Å². The van der Waals surface area contributed by atoms with Crippen LogP contribution >= 0.6 is 22.9 Å². The zero-order valence-corrected chi connectivity index (χ0v) is 34.6. The zero-order chi connectivity index (χ0) is 40.3. The summed E-state index contributed by atoms with van der Waals surface area (Å²) in [6.07, 6.45) is 4.10. The molecule has 0 bridgehead atoms. The predicted molar refractivity (Wildman–Crippen MR) is 216 cm³/mol. The summed E-state index contributed by atoms with van der Waals surface area (Å²) in [4.78, 5) is 52.1. The van der Waals surface area contributed by atoms with Crippen LogP contribution in [0.15, 0.2) is 36.2 Å². The van der Waals surface area contributed by atoms with E-state index in [1.54, 1.807) is 24.2 Å². The lowest BCUT2D eigenvalue weighted by Crippen LogP contribution is -2.60. The number of carboxylic acids is 1. The molecular formula is C41H53ClN6O7S. The molecule has 2 aromatic heterocycles. The Morgan fingerprint density at radius 3 is 2.43 bits per heavy atom. The van der Waals surface area contributed by atoms with E-state index < -0.39 is 47.2 Å². The number of benzene rings is 1. The smallest absolute Gasteiger partial charge is 0.408 e. The molecule has 1 aliphatic heterocycles. The van der Waals surface area contributed by atoms with Crippen LogP contribution in [0.2, 0.25) is 5.02 Å². The molecule has 1 aromatic carbocycles. The summed E-state index contributed by atoms with van der Waals surface area (Å²) in [6.45, 7) is 15.7. The summed E-state index contributed by atoms with van der Waals surface area (Å²) in [6, 6.07) is 3.76. The number of carbonyl (C=O) groups is 3. The largest absolute Gasteiger partial charge is 0.495 e. The second kappa shape index (κ2) is 15.3. The van der Waals surface area contributed by atoms with Gasteiger partial charge in [0.05, 0.1) is 30.9 Å². The fourth-order valence-electron chi connectivity index (χ4n) is 8.54. The lowest BCUT2D eigenvalue weighted by molar-refractivity contribution is -0.141. The maximum atomic E-state index is 14.8. The third-order valence-electron chi connectivity index (χ3n) is 11.7.